The topological polar surface area (TPSA) is 16.1 Å². The van der Waals surface area contributed by atoms with Crippen LogP contribution in [0.4, 0.5) is 18.9 Å². The van der Waals surface area contributed by atoms with Crippen LogP contribution < -0.4 is 4.90 Å². The van der Waals surface area contributed by atoms with Crippen molar-refractivity contribution in [2.24, 2.45) is 5.92 Å². The monoisotopic (exact) mass is 445 g/mol. The van der Waals surface area contributed by atoms with Gasteiger partial charge in [-0.3, -0.25) is 0 Å². The fourth-order valence-electron chi connectivity index (χ4n) is 4.45. The molecule has 0 atom stereocenters. The Morgan fingerprint density at radius 3 is 2.45 bits per heavy atom. The number of piperidine rings is 1. The molecule has 1 saturated heterocycles. The summed E-state index contributed by atoms with van der Waals surface area (Å²) in [6.45, 7) is 2.22. The number of fused-ring (bicyclic) bond motifs is 1. The van der Waals surface area contributed by atoms with Crippen LogP contribution >= 0.6 is 11.3 Å². The van der Waals surface area contributed by atoms with Crippen molar-refractivity contribution in [3.05, 3.63) is 59.1 Å². The molecule has 1 aliphatic heterocycles. The number of hydrogen-bond donors (Lipinski definition) is 0. The first-order valence-corrected chi connectivity index (χ1v) is 12.0. The van der Waals surface area contributed by atoms with Crippen LogP contribution in [-0.2, 0) is 12.6 Å². The van der Waals surface area contributed by atoms with Crippen LogP contribution in [0.2, 0.25) is 0 Å². The zero-order valence-corrected chi connectivity index (χ0v) is 18.4. The normalized spacial score (nSPS) is 15.6. The van der Waals surface area contributed by atoms with Gasteiger partial charge in [0.25, 0.3) is 0 Å². The van der Waals surface area contributed by atoms with E-state index in [1.165, 1.54) is 54.6 Å². The van der Waals surface area contributed by atoms with Crippen molar-refractivity contribution in [1.29, 1.82) is 0 Å². The maximum atomic E-state index is 12.6. The van der Waals surface area contributed by atoms with E-state index in [9.17, 15) is 13.2 Å². The first-order valence-electron chi connectivity index (χ1n) is 11.2. The molecular formula is C25H28F3N2S. The summed E-state index contributed by atoms with van der Waals surface area (Å²) in [5.41, 5.74) is 5.71. The Labute approximate surface area is 186 Å². The molecule has 2 heterocycles. The number of unbranched alkanes of at least 4 members (excludes halogenated alkanes) is 3. The molecule has 165 valence electrons. The van der Waals surface area contributed by atoms with Gasteiger partial charge in [-0.1, -0.05) is 37.8 Å². The number of benzene rings is 2. The molecule has 0 saturated carbocycles. The zero-order chi connectivity index (χ0) is 21.7. The van der Waals surface area contributed by atoms with Crippen LogP contribution in [0.15, 0.2) is 42.5 Å². The highest BCUT2D eigenvalue weighted by molar-refractivity contribution is 7.16. The van der Waals surface area contributed by atoms with E-state index >= 15 is 0 Å². The summed E-state index contributed by atoms with van der Waals surface area (Å²) >= 11 is 1.56. The van der Waals surface area contributed by atoms with Crippen LogP contribution in [0.3, 0.4) is 0 Å². The predicted octanol–water partition coefficient (Wildman–Crippen LogP) is 7.52. The van der Waals surface area contributed by atoms with Crippen LogP contribution in [-0.4, -0.2) is 18.1 Å². The van der Waals surface area contributed by atoms with E-state index in [1.807, 2.05) is 0 Å². The summed E-state index contributed by atoms with van der Waals surface area (Å²) < 4.78 is 39.0. The maximum absolute atomic E-state index is 12.6. The highest BCUT2D eigenvalue weighted by Crippen LogP contribution is 2.30. The number of anilines is 1. The number of aromatic nitrogens is 1. The molecule has 1 radical (unpaired) electrons. The van der Waals surface area contributed by atoms with Gasteiger partial charge < -0.3 is 4.90 Å². The minimum Gasteiger partial charge on any atom is -0.371 e. The van der Waals surface area contributed by atoms with Crippen molar-refractivity contribution >= 4 is 27.2 Å². The van der Waals surface area contributed by atoms with Gasteiger partial charge in [0.15, 0.2) is 5.51 Å². The lowest BCUT2D eigenvalue weighted by atomic mass is 9.90. The minimum absolute atomic E-state index is 0.565. The predicted molar refractivity (Wildman–Crippen MR) is 122 cm³/mol. The molecule has 3 aromatic rings. The quantitative estimate of drug-likeness (QED) is 0.333. The second-order valence-corrected chi connectivity index (χ2v) is 9.36. The summed E-state index contributed by atoms with van der Waals surface area (Å²) in [5.74, 6) is 0.808. The Hall–Kier alpha value is -2.08. The molecule has 1 fully saturated rings. The van der Waals surface area contributed by atoms with Crippen molar-refractivity contribution in [1.82, 2.24) is 4.98 Å². The molecule has 0 N–H and O–H groups in total. The van der Waals surface area contributed by atoms with E-state index in [0.717, 1.165) is 49.4 Å². The minimum atomic E-state index is -4.25. The van der Waals surface area contributed by atoms with E-state index in [4.69, 9.17) is 0 Å². The first-order chi connectivity index (χ1) is 15.0. The summed E-state index contributed by atoms with van der Waals surface area (Å²) in [6.07, 6.45) is 5.02. The molecular weight excluding hydrogens is 417 g/mol. The SMILES string of the molecule is FC(F)(F)c1ccc(CCCCCCC2CCN(c3ccc4s[c]nc4c3)CC2)cc1. The number of thiazole rings is 1. The van der Waals surface area contributed by atoms with Crippen LogP contribution in [0.25, 0.3) is 10.2 Å². The van der Waals surface area contributed by atoms with E-state index in [2.05, 4.69) is 33.6 Å². The molecule has 6 heteroatoms. The molecule has 1 aromatic heterocycles. The lowest BCUT2D eigenvalue weighted by molar-refractivity contribution is -0.137. The van der Waals surface area contributed by atoms with Crippen LogP contribution in [0, 0.1) is 11.4 Å². The number of hydrogen-bond acceptors (Lipinski definition) is 3. The molecule has 2 aromatic carbocycles. The molecule has 0 unspecified atom stereocenters. The van der Waals surface area contributed by atoms with Crippen molar-refractivity contribution in [2.75, 3.05) is 18.0 Å². The van der Waals surface area contributed by atoms with Gasteiger partial charge in [0.1, 0.15) is 0 Å². The summed E-state index contributed by atoms with van der Waals surface area (Å²) in [5, 5.41) is 0. The number of alkyl halides is 3. The van der Waals surface area contributed by atoms with Gasteiger partial charge in [-0.15, -0.1) is 11.3 Å². The van der Waals surface area contributed by atoms with Crippen molar-refractivity contribution in [2.45, 2.75) is 57.5 Å². The lowest BCUT2D eigenvalue weighted by Crippen LogP contribution is -2.33. The Morgan fingerprint density at radius 1 is 0.968 bits per heavy atom. The highest BCUT2D eigenvalue weighted by atomic mass is 32.1. The first kappa shape index (κ1) is 22.1. The Kier molecular flexibility index (Phi) is 7.16. The van der Waals surface area contributed by atoms with Gasteiger partial charge >= 0.3 is 6.18 Å². The third-order valence-electron chi connectivity index (χ3n) is 6.35. The maximum Gasteiger partial charge on any atom is 0.416 e. The summed E-state index contributed by atoms with van der Waals surface area (Å²) in [4.78, 5) is 6.78. The van der Waals surface area contributed by atoms with E-state index < -0.39 is 11.7 Å². The molecule has 4 rings (SSSR count). The third kappa shape index (κ3) is 6.00. The summed E-state index contributed by atoms with van der Waals surface area (Å²) in [6, 6.07) is 12.1. The number of aryl methyl sites for hydroxylation is 1. The van der Waals surface area contributed by atoms with Gasteiger partial charge in [-0.05, 0) is 67.5 Å². The zero-order valence-electron chi connectivity index (χ0n) is 17.6. The standard InChI is InChI=1S/C25H28F3N2S/c26-25(27,28)21-9-7-19(8-10-21)5-3-1-2-4-6-20-13-15-30(16-14-20)22-11-12-24-23(17-22)29-18-31-24/h7-12,17,20H,1-6,13-16H2. The largest absolute Gasteiger partial charge is 0.416 e. The smallest absolute Gasteiger partial charge is 0.371 e. The molecule has 2 nitrogen and oxygen atoms in total. The average Bonchev–Trinajstić information content (AvgIpc) is 3.24. The molecule has 0 aliphatic carbocycles. The van der Waals surface area contributed by atoms with Crippen LogP contribution in [0.1, 0.15) is 56.1 Å². The number of rotatable bonds is 8. The third-order valence-corrected chi connectivity index (χ3v) is 7.10. The Balaban J connectivity index is 1.10. The lowest BCUT2D eigenvalue weighted by Gasteiger charge is -2.33. The fraction of sp³-hybridized carbons (Fsp3) is 0.480. The van der Waals surface area contributed by atoms with Crippen molar-refractivity contribution in [3.8, 4) is 0 Å². The van der Waals surface area contributed by atoms with E-state index in [-0.39, 0.29) is 0 Å². The molecule has 0 amide bonds. The fourth-order valence-corrected chi connectivity index (χ4v) is 5.04. The van der Waals surface area contributed by atoms with Gasteiger partial charge in [0.2, 0.25) is 0 Å². The average molecular weight is 446 g/mol. The number of nitrogens with zero attached hydrogens (tertiary/aromatic N) is 2. The van der Waals surface area contributed by atoms with Gasteiger partial charge in [-0.25, -0.2) is 4.98 Å². The van der Waals surface area contributed by atoms with Gasteiger partial charge in [0, 0.05) is 18.8 Å². The molecule has 1 aliphatic rings. The van der Waals surface area contributed by atoms with Crippen molar-refractivity contribution < 1.29 is 13.2 Å². The van der Waals surface area contributed by atoms with Gasteiger partial charge in [-0.2, -0.15) is 13.2 Å². The summed E-state index contributed by atoms with van der Waals surface area (Å²) in [7, 11) is 0. The van der Waals surface area contributed by atoms with E-state index in [0.29, 0.717) is 0 Å². The number of halogens is 3. The second-order valence-electron chi connectivity index (χ2n) is 8.54. The van der Waals surface area contributed by atoms with Crippen molar-refractivity contribution in [3.63, 3.8) is 0 Å². The molecule has 0 bridgehead atoms. The molecule has 0 spiro atoms. The highest BCUT2D eigenvalue weighted by Gasteiger charge is 2.29. The Bertz CT molecular complexity index is 957. The molecule has 31 heavy (non-hydrogen) atoms. The second kappa shape index (κ2) is 10.0. The Morgan fingerprint density at radius 2 is 1.71 bits per heavy atom. The van der Waals surface area contributed by atoms with Crippen LogP contribution in [0.5, 0.6) is 0 Å². The van der Waals surface area contributed by atoms with Gasteiger partial charge in [0.05, 0.1) is 15.8 Å². The van der Waals surface area contributed by atoms with E-state index in [1.54, 1.807) is 23.5 Å².